The van der Waals surface area contributed by atoms with Gasteiger partial charge in [-0.3, -0.25) is 9.59 Å². The van der Waals surface area contributed by atoms with Crippen molar-refractivity contribution in [2.75, 3.05) is 25.5 Å². The van der Waals surface area contributed by atoms with Gasteiger partial charge in [0.05, 0.1) is 25.1 Å². The molecule has 2 amide bonds. The Kier molecular flexibility index (Phi) is 4.89. The van der Waals surface area contributed by atoms with Crippen LogP contribution in [0.1, 0.15) is 16.8 Å². The first kappa shape index (κ1) is 15.0. The van der Waals surface area contributed by atoms with Gasteiger partial charge in [0.25, 0.3) is 0 Å². The Morgan fingerprint density at radius 1 is 1.29 bits per heavy atom. The first-order valence-corrected chi connectivity index (χ1v) is 6.59. The average Bonchev–Trinajstić information content (AvgIpc) is 2.49. The molecule has 112 valence electrons. The maximum atomic E-state index is 11.9. The number of esters is 1. The molecule has 0 spiro atoms. The van der Waals surface area contributed by atoms with Gasteiger partial charge in [0.1, 0.15) is 0 Å². The topological polar surface area (TPSA) is 96.5 Å². The molecule has 3 N–H and O–H groups in total. The van der Waals surface area contributed by atoms with Crippen molar-refractivity contribution in [1.82, 2.24) is 10.6 Å². The molecule has 1 fully saturated rings. The van der Waals surface area contributed by atoms with Crippen molar-refractivity contribution < 1.29 is 19.1 Å². The molecule has 0 radical (unpaired) electrons. The highest BCUT2D eigenvalue weighted by molar-refractivity contribution is 5.96. The molecular formula is C14H17N3O4. The minimum Gasteiger partial charge on any atom is -0.465 e. The van der Waals surface area contributed by atoms with Crippen LogP contribution in [-0.2, 0) is 14.3 Å². The van der Waals surface area contributed by atoms with Crippen LogP contribution in [0.25, 0.3) is 0 Å². The zero-order chi connectivity index (χ0) is 15.2. The van der Waals surface area contributed by atoms with E-state index < -0.39 is 12.0 Å². The van der Waals surface area contributed by atoms with E-state index in [2.05, 4.69) is 20.7 Å². The lowest BCUT2D eigenvalue weighted by molar-refractivity contribution is -0.127. The zero-order valence-electron chi connectivity index (χ0n) is 11.6. The highest BCUT2D eigenvalue weighted by Gasteiger charge is 2.23. The molecule has 1 saturated heterocycles. The number of ether oxygens (including phenoxy) is 1. The lowest BCUT2D eigenvalue weighted by atomic mass is 10.1. The van der Waals surface area contributed by atoms with Crippen molar-refractivity contribution >= 4 is 23.5 Å². The molecule has 0 saturated carbocycles. The normalized spacial score (nSPS) is 17.8. The molecule has 0 aromatic heterocycles. The summed E-state index contributed by atoms with van der Waals surface area (Å²) in [4.78, 5) is 34.7. The summed E-state index contributed by atoms with van der Waals surface area (Å²) in [7, 11) is 1.31. The maximum Gasteiger partial charge on any atom is 0.337 e. The third-order valence-electron chi connectivity index (χ3n) is 3.11. The second kappa shape index (κ2) is 6.85. The number of nitrogens with one attached hydrogen (secondary N) is 3. The van der Waals surface area contributed by atoms with Crippen molar-refractivity contribution in [1.29, 1.82) is 0 Å². The molecule has 1 unspecified atom stereocenters. The predicted molar refractivity (Wildman–Crippen MR) is 75.8 cm³/mol. The monoisotopic (exact) mass is 291 g/mol. The maximum absolute atomic E-state index is 11.9. The molecule has 1 aromatic rings. The molecule has 2 rings (SSSR count). The largest absolute Gasteiger partial charge is 0.465 e. The van der Waals surface area contributed by atoms with E-state index in [1.54, 1.807) is 24.3 Å². The van der Waals surface area contributed by atoms with Gasteiger partial charge in [0.2, 0.25) is 11.8 Å². The number of carbonyl (C=O) groups excluding carboxylic acids is 3. The number of methoxy groups -OCH3 is 1. The molecule has 7 heteroatoms. The van der Waals surface area contributed by atoms with Crippen LogP contribution in [0.3, 0.4) is 0 Å². The highest BCUT2D eigenvalue weighted by Crippen LogP contribution is 2.11. The molecule has 0 bridgehead atoms. The Labute approximate surface area is 122 Å². The predicted octanol–water partition coefficient (Wildman–Crippen LogP) is -0.110. The summed E-state index contributed by atoms with van der Waals surface area (Å²) < 4.78 is 4.59. The van der Waals surface area contributed by atoms with Crippen molar-refractivity contribution in [3.8, 4) is 0 Å². The molecule has 21 heavy (non-hydrogen) atoms. The van der Waals surface area contributed by atoms with Crippen molar-refractivity contribution in [2.45, 2.75) is 12.5 Å². The fraction of sp³-hybridized carbons (Fsp3) is 0.357. The number of hydrogen-bond acceptors (Lipinski definition) is 5. The second-order valence-electron chi connectivity index (χ2n) is 4.62. The Bertz CT molecular complexity index is 542. The number of amides is 2. The molecule has 1 aliphatic heterocycles. The van der Waals surface area contributed by atoms with Gasteiger partial charge in [-0.25, -0.2) is 4.79 Å². The van der Waals surface area contributed by atoms with E-state index in [-0.39, 0.29) is 18.2 Å². The van der Waals surface area contributed by atoms with Crippen LogP contribution in [-0.4, -0.2) is 44.0 Å². The number of rotatable bonds is 4. The van der Waals surface area contributed by atoms with Gasteiger partial charge in [-0.1, -0.05) is 0 Å². The van der Waals surface area contributed by atoms with Crippen LogP contribution in [0.4, 0.5) is 5.69 Å². The van der Waals surface area contributed by atoms with E-state index in [9.17, 15) is 14.4 Å². The number of carbonyl (C=O) groups is 3. The van der Waals surface area contributed by atoms with Crippen molar-refractivity contribution in [3.05, 3.63) is 29.8 Å². The van der Waals surface area contributed by atoms with E-state index in [0.717, 1.165) is 0 Å². The van der Waals surface area contributed by atoms with Gasteiger partial charge in [-0.15, -0.1) is 0 Å². The molecule has 1 heterocycles. The minimum absolute atomic E-state index is 0.0601. The fourth-order valence-corrected chi connectivity index (χ4v) is 2.02. The van der Waals surface area contributed by atoms with Crippen LogP contribution in [0.15, 0.2) is 24.3 Å². The molecule has 1 atom stereocenters. The Balaban J connectivity index is 1.90. The second-order valence-corrected chi connectivity index (χ2v) is 4.62. The first-order chi connectivity index (χ1) is 10.1. The summed E-state index contributed by atoms with van der Waals surface area (Å²) in [6.45, 7) is 1.23. The third kappa shape index (κ3) is 4.03. The lowest BCUT2D eigenvalue weighted by Gasteiger charge is -2.22. The average molecular weight is 291 g/mol. The van der Waals surface area contributed by atoms with E-state index in [1.807, 2.05) is 0 Å². The van der Waals surface area contributed by atoms with Crippen LogP contribution < -0.4 is 16.0 Å². The minimum atomic E-state index is -0.506. The third-order valence-corrected chi connectivity index (χ3v) is 3.11. The standard InChI is InChI=1S/C14H17N3O4/c1-21-14(20)9-2-4-10(5-3-9)17-12(18)8-11-13(19)16-7-6-15-11/h2-5,11,15H,6-8H2,1H3,(H,16,19)(H,17,18). The van der Waals surface area contributed by atoms with Gasteiger partial charge < -0.3 is 20.7 Å². The van der Waals surface area contributed by atoms with Crippen molar-refractivity contribution in [3.63, 3.8) is 0 Å². The Hall–Kier alpha value is -2.41. The number of hydrogen-bond donors (Lipinski definition) is 3. The molecule has 0 aliphatic carbocycles. The molecular weight excluding hydrogens is 274 g/mol. The Morgan fingerprint density at radius 3 is 2.62 bits per heavy atom. The fourth-order valence-electron chi connectivity index (χ4n) is 2.02. The van der Waals surface area contributed by atoms with E-state index in [4.69, 9.17) is 0 Å². The molecule has 1 aromatic carbocycles. The van der Waals surface area contributed by atoms with Crippen LogP contribution in [0.5, 0.6) is 0 Å². The smallest absolute Gasteiger partial charge is 0.337 e. The quantitative estimate of drug-likeness (QED) is 0.673. The zero-order valence-corrected chi connectivity index (χ0v) is 11.6. The van der Waals surface area contributed by atoms with Gasteiger partial charge in [-0.05, 0) is 24.3 Å². The Morgan fingerprint density at radius 2 is 2.00 bits per heavy atom. The highest BCUT2D eigenvalue weighted by atomic mass is 16.5. The molecule has 1 aliphatic rings. The molecule has 7 nitrogen and oxygen atoms in total. The van der Waals surface area contributed by atoms with Gasteiger partial charge in [-0.2, -0.15) is 0 Å². The number of anilines is 1. The van der Waals surface area contributed by atoms with E-state index in [0.29, 0.717) is 24.3 Å². The van der Waals surface area contributed by atoms with Crippen molar-refractivity contribution in [2.24, 2.45) is 0 Å². The van der Waals surface area contributed by atoms with Crippen LogP contribution in [0, 0.1) is 0 Å². The van der Waals surface area contributed by atoms with E-state index >= 15 is 0 Å². The summed E-state index contributed by atoms with van der Waals surface area (Å²) in [6.07, 6.45) is 0.0601. The number of benzene rings is 1. The van der Waals surface area contributed by atoms with Gasteiger partial charge in [0, 0.05) is 18.8 Å². The lowest BCUT2D eigenvalue weighted by Crippen LogP contribution is -2.53. The van der Waals surface area contributed by atoms with Crippen LogP contribution in [0.2, 0.25) is 0 Å². The summed E-state index contributed by atoms with van der Waals surface area (Å²) in [5.74, 6) is -0.872. The van der Waals surface area contributed by atoms with Gasteiger partial charge in [0.15, 0.2) is 0 Å². The first-order valence-electron chi connectivity index (χ1n) is 6.59. The van der Waals surface area contributed by atoms with Gasteiger partial charge >= 0.3 is 5.97 Å². The summed E-state index contributed by atoms with van der Waals surface area (Å²) in [5.41, 5.74) is 0.965. The van der Waals surface area contributed by atoms with E-state index in [1.165, 1.54) is 7.11 Å². The summed E-state index contributed by atoms with van der Waals surface area (Å²) in [5, 5.41) is 8.36. The summed E-state index contributed by atoms with van der Waals surface area (Å²) in [6, 6.07) is 5.84. The SMILES string of the molecule is COC(=O)c1ccc(NC(=O)CC2NCCNC2=O)cc1. The number of piperazine rings is 1. The summed E-state index contributed by atoms with van der Waals surface area (Å²) >= 11 is 0. The van der Waals surface area contributed by atoms with Crippen LogP contribution >= 0.6 is 0 Å².